The third-order valence-electron chi connectivity index (χ3n) is 11.9. The summed E-state index contributed by atoms with van der Waals surface area (Å²) in [6, 6.07) is 6.24. The number of unbranched alkanes of at least 4 members (excludes halogenated alkanes) is 1. The molecule has 6 aliphatic rings. The smallest absolute Gasteiger partial charge is 0.339 e. The number of allylic oxidation sites excluding steroid dienone is 4. The molecule has 7 unspecified atom stereocenters. The average Bonchev–Trinajstić information content (AvgIpc) is 3.43. The molecule has 7 rings (SSSR count). The van der Waals surface area contributed by atoms with Gasteiger partial charge in [-0.25, -0.2) is 4.79 Å². The molecule has 2 N–H and O–H groups in total. The lowest BCUT2D eigenvalue weighted by atomic mass is 9.28. The predicted octanol–water partition coefficient (Wildman–Crippen LogP) is 7.30. The summed E-state index contributed by atoms with van der Waals surface area (Å²) in [5.74, 6) is 2.01. The third-order valence-corrected chi connectivity index (χ3v) is 11.9. The molecule has 2 heterocycles. The Morgan fingerprint density at radius 1 is 1.15 bits per heavy atom. The quantitative estimate of drug-likeness (QED) is 0.282. The maximum Gasteiger partial charge on any atom is 0.339 e. The molecule has 1 aromatic rings. The number of fused-ring (bicyclic) bond motifs is 4. The number of carbonyl (C=O) groups is 2. The van der Waals surface area contributed by atoms with Crippen molar-refractivity contribution in [1.29, 1.82) is 0 Å². The molecule has 1 aromatic carbocycles. The molecular formula is C36H45NO4. The molecule has 2 aliphatic heterocycles. The van der Waals surface area contributed by atoms with Crippen molar-refractivity contribution in [2.45, 2.75) is 97.0 Å². The first-order chi connectivity index (χ1) is 19.9. The van der Waals surface area contributed by atoms with Crippen molar-refractivity contribution in [3.8, 4) is 0 Å². The highest BCUT2D eigenvalue weighted by Gasteiger charge is 2.92. The van der Waals surface area contributed by atoms with Crippen molar-refractivity contribution in [2.24, 2.45) is 40.2 Å². The van der Waals surface area contributed by atoms with Crippen LogP contribution in [0, 0.1) is 34.5 Å². The van der Waals surface area contributed by atoms with Gasteiger partial charge in [0, 0.05) is 17.4 Å². The summed E-state index contributed by atoms with van der Waals surface area (Å²) in [5, 5.41) is 0. The Morgan fingerprint density at radius 2 is 2.00 bits per heavy atom. The molecule has 7 atom stereocenters. The van der Waals surface area contributed by atoms with Gasteiger partial charge in [-0.1, -0.05) is 75.1 Å². The molecule has 218 valence electrons. The lowest BCUT2D eigenvalue weighted by molar-refractivity contribution is -0.277. The molecule has 4 aliphatic carbocycles. The van der Waals surface area contributed by atoms with Crippen LogP contribution in [-0.2, 0) is 26.3 Å². The molecule has 5 heteroatoms. The zero-order valence-electron chi connectivity index (χ0n) is 25.0. The number of esters is 2. The zero-order valence-corrected chi connectivity index (χ0v) is 25.0. The Balaban J connectivity index is 1.49. The Morgan fingerprint density at radius 3 is 2.78 bits per heavy atom. The molecule has 0 aromatic heterocycles. The van der Waals surface area contributed by atoms with Crippen molar-refractivity contribution >= 4 is 11.9 Å². The largest absolute Gasteiger partial charge is 0.449 e. The first kappa shape index (κ1) is 27.2. The van der Waals surface area contributed by atoms with Crippen LogP contribution in [0.5, 0.6) is 0 Å². The Hall–Kier alpha value is -2.66. The highest BCUT2D eigenvalue weighted by atomic mass is 16.6. The fourth-order valence-corrected chi connectivity index (χ4v) is 10.6. The lowest BCUT2D eigenvalue weighted by Gasteiger charge is -2.71. The Bertz CT molecular complexity index is 1390. The van der Waals surface area contributed by atoms with Crippen LogP contribution in [0.25, 0.3) is 0 Å². The van der Waals surface area contributed by atoms with E-state index in [1.165, 1.54) is 11.1 Å². The van der Waals surface area contributed by atoms with E-state index < -0.39 is 16.4 Å². The van der Waals surface area contributed by atoms with E-state index in [4.69, 9.17) is 15.2 Å². The normalized spacial score (nSPS) is 39.1. The van der Waals surface area contributed by atoms with E-state index in [0.717, 1.165) is 87.5 Å². The average molecular weight is 556 g/mol. The summed E-state index contributed by atoms with van der Waals surface area (Å²) in [5.41, 5.74) is 9.08. The summed E-state index contributed by atoms with van der Waals surface area (Å²) >= 11 is 0. The molecule has 1 saturated carbocycles. The maximum atomic E-state index is 14.6. The second-order valence-corrected chi connectivity index (χ2v) is 13.5. The van der Waals surface area contributed by atoms with Crippen LogP contribution in [-0.4, -0.2) is 18.5 Å². The van der Waals surface area contributed by atoms with Crippen molar-refractivity contribution in [3.05, 3.63) is 70.0 Å². The first-order valence-corrected chi connectivity index (χ1v) is 16.3. The summed E-state index contributed by atoms with van der Waals surface area (Å²) in [6.07, 6.45) is 17.0. The molecule has 2 fully saturated rings. The van der Waals surface area contributed by atoms with Gasteiger partial charge in [0.05, 0.1) is 11.0 Å². The van der Waals surface area contributed by atoms with Crippen LogP contribution in [0.1, 0.15) is 106 Å². The third kappa shape index (κ3) is 3.12. The van der Waals surface area contributed by atoms with Gasteiger partial charge in [0.2, 0.25) is 0 Å². The number of rotatable bonds is 7. The monoisotopic (exact) mass is 555 g/mol. The van der Waals surface area contributed by atoms with E-state index in [-0.39, 0.29) is 17.9 Å². The van der Waals surface area contributed by atoms with E-state index in [1.807, 2.05) is 0 Å². The van der Waals surface area contributed by atoms with Gasteiger partial charge in [0.25, 0.3) is 0 Å². The number of hydrogen-bond acceptors (Lipinski definition) is 5. The van der Waals surface area contributed by atoms with Crippen molar-refractivity contribution in [3.63, 3.8) is 0 Å². The molecule has 1 saturated heterocycles. The highest BCUT2D eigenvalue weighted by molar-refractivity contribution is 6.00. The van der Waals surface area contributed by atoms with Gasteiger partial charge < -0.3 is 15.2 Å². The summed E-state index contributed by atoms with van der Waals surface area (Å²) < 4.78 is 13.2. The highest BCUT2D eigenvalue weighted by Crippen LogP contribution is 2.86. The Kier molecular flexibility index (Phi) is 6.43. The van der Waals surface area contributed by atoms with Gasteiger partial charge >= 0.3 is 11.9 Å². The molecule has 0 radical (unpaired) electrons. The number of benzene rings is 1. The lowest BCUT2D eigenvalue weighted by Crippen LogP contribution is -2.77. The summed E-state index contributed by atoms with van der Waals surface area (Å²) in [7, 11) is 0. The van der Waals surface area contributed by atoms with Gasteiger partial charge in [-0.05, 0) is 87.8 Å². The van der Waals surface area contributed by atoms with Gasteiger partial charge in [0.15, 0.2) is 5.60 Å². The topological polar surface area (TPSA) is 78.6 Å². The zero-order chi connectivity index (χ0) is 28.6. The second kappa shape index (κ2) is 9.69. The fraction of sp³-hybridized carbons (Fsp3) is 0.611. The fourth-order valence-electron chi connectivity index (χ4n) is 10.6. The number of carbonyl (C=O) groups excluding carboxylic acids is 2. The predicted molar refractivity (Wildman–Crippen MR) is 159 cm³/mol. The van der Waals surface area contributed by atoms with Crippen LogP contribution < -0.4 is 5.73 Å². The summed E-state index contributed by atoms with van der Waals surface area (Å²) in [6.45, 7) is 7.31. The molecule has 0 amide bonds. The minimum Gasteiger partial charge on any atom is -0.449 e. The van der Waals surface area contributed by atoms with Crippen LogP contribution in [0.4, 0.5) is 0 Å². The van der Waals surface area contributed by atoms with Crippen molar-refractivity contribution in [2.75, 3.05) is 6.54 Å². The minimum atomic E-state index is -0.884. The number of ether oxygens (including phenoxy) is 2. The van der Waals surface area contributed by atoms with Crippen molar-refractivity contribution in [1.82, 2.24) is 0 Å². The van der Waals surface area contributed by atoms with Crippen LogP contribution in [0.15, 0.2) is 53.3 Å². The first-order valence-electron chi connectivity index (χ1n) is 16.3. The Labute approximate surface area is 244 Å². The minimum absolute atomic E-state index is 0.0915. The van der Waals surface area contributed by atoms with Gasteiger partial charge in [-0.2, -0.15) is 0 Å². The molecule has 41 heavy (non-hydrogen) atoms. The SMILES string of the molecule is CCCC=C1OC(=O)C23C4=C(CCC12C1(OC(=O)c2c(CCCN)cccc21)C3CCC)C1C=CCC(C)C1CC4. The maximum absolute atomic E-state index is 14.6. The van der Waals surface area contributed by atoms with Gasteiger partial charge in [-0.3, -0.25) is 4.79 Å². The molecular weight excluding hydrogens is 510 g/mol. The van der Waals surface area contributed by atoms with Gasteiger partial charge in [-0.15, -0.1) is 0 Å². The van der Waals surface area contributed by atoms with E-state index >= 15 is 0 Å². The van der Waals surface area contributed by atoms with Crippen molar-refractivity contribution < 1.29 is 19.1 Å². The van der Waals surface area contributed by atoms with Crippen LogP contribution >= 0.6 is 0 Å². The van der Waals surface area contributed by atoms with Crippen LogP contribution in [0.2, 0.25) is 0 Å². The number of aryl methyl sites for hydroxylation is 1. The standard InChI is InChI=1S/C36H45NO4/c1-4-6-16-30-34-20-19-26-25-14-7-11-22(3)24(25)17-18-27(26)35(34,33(39)40-30)29(10-5-2)36(34)28-15-8-12-23(13-9-21-37)31(28)32(38)41-36/h7-8,12,14-16,22,24-25,29H,4-6,9-11,13,17-21,37H2,1-3H3. The molecule has 0 bridgehead atoms. The number of nitrogens with two attached hydrogens (primary N) is 1. The summed E-state index contributed by atoms with van der Waals surface area (Å²) in [4.78, 5) is 28.6. The number of cyclic esters (lactones) is 1. The molecule has 5 nitrogen and oxygen atoms in total. The van der Waals surface area contributed by atoms with E-state index in [9.17, 15) is 9.59 Å². The van der Waals surface area contributed by atoms with E-state index in [0.29, 0.717) is 29.9 Å². The second-order valence-electron chi connectivity index (χ2n) is 13.5. The van der Waals surface area contributed by atoms with Gasteiger partial charge in [0.1, 0.15) is 11.2 Å². The number of hydrogen-bond donors (Lipinski definition) is 1. The molecule has 1 spiro atoms. The van der Waals surface area contributed by atoms with E-state index in [2.05, 4.69) is 57.2 Å². The van der Waals surface area contributed by atoms with Crippen LogP contribution in [0.3, 0.4) is 0 Å². The van der Waals surface area contributed by atoms with E-state index in [1.54, 1.807) is 0 Å².